The molecule has 114 valence electrons. The smallest absolute Gasteiger partial charge is 0.313 e. The van der Waals surface area contributed by atoms with Crippen LogP contribution in [0.15, 0.2) is 18.2 Å². The lowest BCUT2D eigenvalue weighted by Gasteiger charge is -2.30. The van der Waals surface area contributed by atoms with E-state index < -0.39 is 11.5 Å². The van der Waals surface area contributed by atoms with E-state index in [1.165, 1.54) is 7.11 Å². The lowest BCUT2D eigenvalue weighted by Crippen LogP contribution is -2.37. The third kappa shape index (κ3) is 3.55. The van der Waals surface area contributed by atoms with Gasteiger partial charge in [-0.3, -0.25) is 4.79 Å². The van der Waals surface area contributed by atoms with Crippen LogP contribution in [0.4, 0.5) is 0 Å². The molecular formula is C14H22ClNO4. The van der Waals surface area contributed by atoms with Crippen molar-refractivity contribution in [3.05, 3.63) is 23.8 Å². The number of ether oxygens (including phenoxy) is 3. The Bertz CT molecular complexity index is 462. The molecule has 0 amide bonds. The normalized spacial score (nSPS) is 12.1. The van der Waals surface area contributed by atoms with Gasteiger partial charge in [0.15, 0.2) is 0 Å². The van der Waals surface area contributed by atoms with Crippen molar-refractivity contribution in [3.8, 4) is 11.5 Å². The Hall–Kier alpha value is -1.46. The van der Waals surface area contributed by atoms with Crippen LogP contribution in [0.25, 0.3) is 0 Å². The van der Waals surface area contributed by atoms with E-state index in [-0.39, 0.29) is 18.4 Å². The molecule has 0 spiro atoms. The Morgan fingerprint density at radius 1 is 1.20 bits per heavy atom. The molecule has 0 aromatic heterocycles. The standard InChI is InChI=1S/C14H21NO4.ClH/c1-14(2,13(16)19-5)12(15)10-8-9(17-3)6-7-11(10)18-4;/h6-8,12H,15H2,1-5H3;1H/t12-;/m0./s1. The van der Waals surface area contributed by atoms with Gasteiger partial charge in [-0.05, 0) is 32.0 Å². The van der Waals surface area contributed by atoms with E-state index in [2.05, 4.69) is 0 Å². The Labute approximate surface area is 125 Å². The summed E-state index contributed by atoms with van der Waals surface area (Å²) in [5, 5.41) is 0. The average Bonchev–Trinajstić information content (AvgIpc) is 2.44. The second-order valence-corrected chi connectivity index (χ2v) is 4.80. The first-order valence-electron chi connectivity index (χ1n) is 5.94. The van der Waals surface area contributed by atoms with Gasteiger partial charge < -0.3 is 19.9 Å². The maximum atomic E-state index is 11.8. The minimum Gasteiger partial charge on any atom is -0.497 e. The summed E-state index contributed by atoms with van der Waals surface area (Å²) in [6.45, 7) is 3.48. The van der Waals surface area contributed by atoms with Crippen molar-refractivity contribution >= 4 is 18.4 Å². The highest BCUT2D eigenvalue weighted by Crippen LogP contribution is 2.38. The number of carbonyl (C=O) groups is 1. The largest absolute Gasteiger partial charge is 0.497 e. The van der Waals surface area contributed by atoms with Crippen LogP contribution in [0.3, 0.4) is 0 Å². The summed E-state index contributed by atoms with van der Waals surface area (Å²) >= 11 is 0. The SMILES string of the molecule is COC(=O)C(C)(C)[C@@H](N)c1cc(OC)ccc1OC.Cl. The highest BCUT2D eigenvalue weighted by molar-refractivity contribution is 5.85. The molecular weight excluding hydrogens is 282 g/mol. The van der Waals surface area contributed by atoms with E-state index in [1.807, 2.05) is 0 Å². The van der Waals surface area contributed by atoms with Crippen molar-refractivity contribution in [2.45, 2.75) is 19.9 Å². The van der Waals surface area contributed by atoms with Gasteiger partial charge in [0, 0.05) is 11.6 Å². The van der Waals surface area contributed by atoms with Gasteiger partial charge in [0.25, 0.3) is 0 Å². The van der Waals surface area contributed by atoms with E-state index in [9.17, 15) is 4.79 Å². The molecule has 1 rings (SSSR count). The third-order valence-electron chi connectivity index (χ3n) is 3.26. The van der Waals surface area contributed by atoms with Crippen LogP contribution in [-0.4, -0.2) is 27.3 Å². The molecule has 0 saturated carbocycles. The third-order valence-corrected chi connectivity index (χ3v) is 3.26. The van der Waals surface area contributed by atoms with Gasteiger partial charge in [0.1, 0.15) is 11.5 Å². The minimum absolute atomic E-state index is 0. The van der Waals surface area contributed by atoms with Crippen LogP contribution in [0.2, 0.25) is 0 Å². The van der Waals surface area contributed by atoms with Crippen molar-refractivity contribution in [3.63, 3.8) is 0 Å². The fourth-order valence-corrected chi connectivity index (χ4v) is 1.86. The zero-order valence-electron chi connectivity index (χ0n) is 12.4. The second kappa shape index (κ2) is 7.36. The number of halogens is 1. The molecule has 5 nitrogen and oxygen atoms in total. The van der Waals surface area contributed by atoms with Crippen molar-refractivity contribution in [1.82, 2.24) is 0 Å². The molecule has 0 unspecified atom stereocenters. The number of carbonyl (C=O) groups excluding carboxylic acids is 1. The van der Waals surface area contributed by atoms with Crippen LogP contribution in [0, 0.1) is 5.41 Å². The summed E-state index contributed by atoms with van der Waals surface area (Å²) in [7, 11) is 4.48. The van der Waals surface area contributed by atoms with Crippen molar-refractivity contribution in [2.75, 3.05) is 21.3 Å². The van der Waals surface area contributed by atoms with Crippen LogP contribution >= 0.6 is 12.4 Å². The first-order valence-corrected chi connectivity index (χ1v) is 5.94. The zero-order chi connectivity index (χ0) is 14.6. The lowest BCUT2D eigenvalue weighted by atomic mass is 9.80. The van der Waals surface area contributed by atoms with E-state index in [1.54, 1.807) is 46.3 Å². The molecule has 0 saturated heterocycles. The molecule has 20 heavy (non-hydrogen) atoms. The van der Waals surface area contributed by atoms with Crippen LogP contribution < -0.4 is 15.2 Å². The summed E-state index contributed by atoms with van der Waals surface area (Å²) in [4.78, 5) is 11.8. The number of methoxy groups -OCH3 is 3. The number of nitrogens with two attached hydrogens (primary N) is 1. The summed E-state index contributed by atoms with van der Waals surface area (Å²) in [6.07, 6.45) is 0. The van der Waals surface area contributed by atoms with Gasteiger partial charge in [-0.2, -0.15) is 0 Å². The first kappa shape index (κ1) is 18.5. The summed E-state index contributed by atoms with van der Waals surface area (Å²) in [5.41, 5.74) is 6.05. The fourth-order valence-electron chi connectivity index (χ4n) is 1.86. The van der Waals surface area contributed by atoms with Crippen molar-refractivity contribution in [1.29, 1.82) is 0 Å². The van der Waals surface area contributed by atoms with Crippen LogP contribution in [-0.2, 0) is 9.53 Å². The molecule has 2 N–H and O–H groups in total. The highest BCUT2D eigenvalue weighted by Gasteiger charge is 2.38. The molecule has 0 aliphatic heterocycles. The molecule has 0 aliphatic rings. The Morgan fingerprint density at radius 2 is 1.80 bits per heavy atom. The molecule has 0 fully saturated rings. The van der Waals surface area contributed by atoms with Crippen LogP contribution in [0.5, 0.6) is 11.5 Å². The number of hydrogen-bond donors (Lipinski definition) is 1. The van der Waals surface area contributed by atoms with Gasteiger partial charge in [0.2, 0.25) is 0 Å². The summed E-state index contributed by atoms with van der Waals surface area (Å²) in [6, 6.07) is 4.75. The van der Waals surface area contributed by atoms with Gasteiger partial charge in [-0.1, -0.05) is 0 Å². The maximum absolute atomic E-state index is 11.8. The predicted octanol–water partition coefficient (Wildman–Crippen LogP) is 2.32. The molecule has 1 aromatic carbocycles. The average molecular weight is 304 g/mol. The Kier molecular flexibility index (Phi) is 6.82. The molecule has 0 heterocycles. The fraction of sp³-hybridized carbons (Fsp3) is 0.500. The first-order chi connectivity index (χ1) is 8.88. The van der Waals surface area contributed by atoms with Crippen molar-refractivity contribution in [2.24, 2.45) is 11.1 Å². The maximum Gasteiger partial charge on any atom is 0.313 e. The number of hydrogen-bond acceptors (Lipinski definition) is 5. The topological polar surface area (TPSA) is 70.8 Å². The predicted molar refractivity (Wildman–Crippen MR) is 79.5 cm³/mol. The Morgan fingerprint density at radius 3 is 2.25 bits per heavy atom. The van der Waals surface area contributed by atoms with E-state index in [4.69, 9.17) is 19.9 Å². The minimum atomic E-state index is -0.867. The van der Waals surface area contributed by atoms with Crippen molar-refractivity contribution < 1.29 is 19.0 Å². The molecule has 1 atom stereocenters. The van der Waals surface area contributed by atoms with Crippen LogP contribution in [0.1, 0.15) is 25.5 Å². The van der Waals surface area contributed by atoms with Gasteiger partial charge in [-0.25, -0.2) is 0 Å². The van der Waals surface area contributed by atoms with Gasteiger partial charge in [0.05, 0.1) is 26.7 Å². The van der Waals surface area contributed by atoms with Gasteiger partial charge in [-0.15, -0.1) is 12.4 Å². The Balaban J connectivity index is 0.00000361. The van der Waals surface area contributed by atoms with E-state index in [0.717, 1.165) is 0 Å². The highest BCUT2D eigenvalue weighted by atomic mass is 35.5. The van der Waals surface area contributed by atoms with E-state index >= 15 is 0 Å². The summed E-state index contributed by atoms with van der Waals surface area (Å²) in [5.74, 6) is 0.905. The number of rotatable bonds is 5. The lowest BCUT2D eigenvalue weighted by molar-refractivity contribution is -0.152. The van der Waals surface area contributed by atoms with Gasteiger partial charge >= 0.3 is 5.97 Å². The second-order valence-electron chi connectivity index (χ2n) is 4.80. The number of benzene rings is 1. The monoisotopic (exact) mass is 303 g/mol. The zero-order valence-corrected chi connectivity index (χ0v) is 13.2. The van der Waals surface area contributed by atoms with E-state index in [0.29, 0.717) is 17.1 Å². The number of esters is 1. The molecule has 0 bridgehead atoms. The quantitative estimate of drug-likeness (QED) is 0.845. The molecule has 6 heteroatoms. The molecule has 0 radical (unpaired) electrons. The molecule has 0 aliphatic carbocycles. The molecule has 1 aromatic rings. The summed E-state index contributed by atoms with van der Waals surface area (Å²) < 4.78 is 15.3.